The molecule has 34 heavy (non-hydrogen) atoms. The lowest BCUT2D eigenvalue weighted by Gasteiger charge is -2.34. The smallest absolute Gasteiger partial charge is 0.286 e. The van der Waals surface area contributed by atoms with Gasteiger partial charge in [0, 0.05) is 32.2 Å². The van der Waals surface area contributed by atoms with E-state index >= 15 is 0 Å². The summed E-state index contributed by atoms with van der Waals surface area (Å²) >= 11 is 0. The van der Waals surface area contributed by atoms with Crippen molar-refractivity contribution in [2.45, 2.75) is 6.92 Å². The summed E-state index contributed by atoms with van der Waals surface area (Å²) in [5, 5.41) is 21.1. The van der Waals surface area contributed by atoms with Crippen LogP contribution < -0.4 is 14.4 Å². The van der Waals surface area contributed by atoms with Gasteiger partial charge < -0.3 is 28.1 Å². The first-order valence-electron chi connectivity index (χ1n) is 10.4. The molecule has 0 spiro atoms. The summed E-state index contributed by atoms with van der Waals surface area (Å²) in [4.78, 5) is 31.7. The molecule has 1 fully saturated rings. The zero-order valence-corrected chi connectivity index (χ0v) is 18.5. The minimum absolute atomic E-state index is 0.0832. The highest BCUT2D eigenvalue weighted by Gasteiger charge is 2.32. The molecular weight excluding hydrogens is 446 g/mol. The van der Waals surface area contributed by atoms with Gasteiger partial charge in [0.2, 0.25) is 11.6 Å². The van der Waals surface area contributed by atoms with E-state index in [1.54, 1.807) is 24.0 Å². The fraction of sp³-hybridized carbons (Fsp3) is 0.318. The second-order valence-electron chi connectivity index (χ2n) is 7.25. The molecule has 1 saturated heterocycles. The van der Waals surface area contributed by atoms with Gasteiger partial charge in [0.25, 0.3) is 17.5 Å². The number of nitriles is 1. The second-order valence-corrected chi connectivity index (χ2v) is 7.25. The van der Waals surface area contributed by atoms with Gasteiger partial charge in [0.05, 0.1) is 31.0 Å². The van der Waals surface area contributed by atoms with E-state index in [-0.39, 0.29) is 53.3 Å². The summed E-state index contributed by atoms with van der Waals surface area (Å²) in [6, 6.07) is 7.91. The minimum Gasteiger partial charge on any atom is -0.493 e. The maximum atomic E-state index is 13.2. The number of furan rings is 1. The third-order valence-electron chi connectivity index (χ3n) is 5.31. The zero-order chi connectivity index (χ0) is 24.2. The molecule has 0 radical (unpaired) electrons. The Morgan fingerprint density at radius 1 is 1.29 bits per heavy atom. The van der Waals surface area contributed by atoms with Crippen molar-refractivity contribution in [1.82, 2.24) is 9.88 Å². The quantitative estimate of drug-likeness (QED) is 0.375. The average Bonchev–Trinajstić information content (AvgIpc) is 3.53. The lowest BCUT2D eigenvalue weighted by molar-refractivity contribution is -0.385. The molecular formula is C22H21N5O7. The van der Waals surface area contributed by atoms with E-state index in [9.17, 15) is 20.2 Å². The number of nitro benzene ring substituents is 1. The van der Waals surface area contributed by atoms with Crippen LogP contribution in [0, 0.1) is 21.4 Å². The number of amides is 1. The third kappa shape index (κ3) is 4.23. The standard InChI is InChI=1S/C22H21N5O7/c1-3-32-19-11-14(16(27(29)30)12-18(19)31-2)21(28)25-6-8-26(9-7-25)22-15(13-23)24-20(34-22)17-5-4-10-33-17/h4-5,10-12H,3,6-9H2,1-2H3. The number of methoxy groups -OCH3 is 1. The Hall–Kier alpha value is -4.53. The number of anilines is 1. The third-order valence-corrected chi connectivity index (χ3v) is 5.31. The largest absolute Gasteiger partial charge is 0.493 e. The molecule has 176 valence electrons. The van der Waals surface area contributed by atoms with Crippen LogP contribution in [0.4, 0.5) is 11.6 Å². The molecule has 3 aromatic rings. The first-order chi connectivity index (χ1) is 16.5. The van der Waals surface area contributed by atoms with Crippen molar-refractivity contribution in [3.8, 4) is 29.2 Å². The Balaban J connectivity index is 1.54. The Morgan fingerprint density at radius 2 is 2.06 bits per heavy atom. The Morgan fingerprint density at radius 3 is 2.65 bits per heavy atom. The number of piperazine rings is 1. The Bertz CT molecular complexity index is 1240. The van der Waals surface area contributed by atoms with E-state index in [0.717, 1.165) is 0 Å². The number of hydrogen-bond donors (Lipinski definition) is 0. The molecule has 0 atom stereocenters. The molecule has 1 aliphatic heterocycles. The van der Waals surface area contributed by atoms with Crippen LogP contribution in [0.2, 0.25) is 0 Å². The van der Waals surface area contributed by atoms with Crippen molar-refractivity contribution in [2.75, 3.05) is 44.8 Å². The normalized spacial score (nSPS) is 13.4. The van der Waals surface area contributed by atoms with Gasteiger partial charge in [-0.2, -0.15) is 10.2 Å². The maximum Gasteiger partial charge on any atom is 0.286 e. The topological polar surface area (TPSA) is 148 Å². The lowest BCUT2D eigenvalue weighted by atomic mass is 10.1. The number of nitrogens with zero attached hydrogens (tertiary/aromatic N) is 5. The van der Waals surface area contributed by atoms with Gasteiger partial charge >= 0.3 is 0 Å². The predicted octanol–water partition coefficient (Wildman–Crippen LogP) is 3.08. The van der Waals surface area contributed by atoms with E-state index in [1.165, 1.54) is 30.4 Å². The van der Waals surface area contributed by atoms with E-state index < -0.39 is 10.8 Å². The fourth-order valence-corrected chi connectivity index (χ4v) is 3.69. The van der Waals surface area contributed by atoms with Gasteiger partial charge in [0.1, 0.15) is 11.6 Å². The van der Waals surface area contributed by atoms with E-state index in [1.807, 2.05) is 6.07 Å². The summed E-state index contributed by atoms with van der Waals surface area (Å²) in [6.45, 7) is 3.27. The summed E-state index contributed by atoms with van der Waals surface area (Å²) in [6.07, 6.45) is 1.48. The van der Waals surface area contributed by atoms with Crippen molar-refractivity contribution in [1.29, 1.82) is 5.26 Å². The predicted molar refractivity (Wildman–Crippen MR) is 118 cm³/mol. The lowest BCUT2D eigenvalue weighted by Crippen LogP contribution is -2.49. The van der Waals surface area contributed by atoms with Crippen LogP contribution in [-0.4, -0.2) is 60.6 Å². The SMILES string of the molecule is CCOc1cc(C(=O)N2CCN(c3oc(-c4ccco4)nc3C#N)CC2)c([N+](=O)[O-])cc1OC. The minimum atomic E-state index is -0.619. The van der Waals surface area contributed by atoms with Crippen molar-refractivity contribution < 1.29 is 28.0 Å². The van der Waals surface area contributed by atoms with Gasteiger partial charge in [-0.05, 0) is 19.1 Å². The molecule has 1 aromatic carbocycles. The Kier molecular flexibility index (Phi) is 6.35. The van der Waals surface area contributed by atoms with E-state index in [2.05, 4.69) is 4.98 Å². The molecule has 12 nitrogen and oxygen atoms in total. The van der Waals surface area contributed by atoms with E-state index in [4.69, 9.17) is 18.3 Å². The van der Waals surface area contributed by atoms with E-state index in [0.29, 0.717) is 25.5 Å². The van der Waals surface area contributed by atoms with Crippen LogP contribution in [0.25, 0.3) is 11.7 Å². The van der Waals surface area contributed by atoms with Crippen molar-refractivity contribution in [2.24, 2.45) is 0 Å². The molecule has 0 N–H and O–H groups in total. The molecule has 0 aliphatic carbocycles. The van der Waals surface area contributed by atoms with Crippen molar-refractivity contribution in [3.63, 3.8) is 0 Å². The first-order valence-corrected chi connectivity index (χ1v) is 10.4. The number of nitro groups is 1. The monoisotopic (exact) mass is 467 g/mol. The highest BCUT2D eigenvalue weighted by Crippen LogP contribution is 2.36. The molecule has 0 saturated carbocycles. The van der Waals surface area contributed by atoms with Gasteiger partial charge in [-0.15, -0.1) is 0 Å². The zero-order valence-electron chi connectivity index (χ0n) is 18.5. The van der Waals surface area contributed by atoms with Gasteiger partial charge in [-0.25, -0.2) is 0 Å². The number of benzene rings is 1. The van der Waals surface area contributed by atoms with Crippen LogP contribution in [0.3, 0.4) is 0 Å². The summed E-state index contributed by atoms with van der Waals surface area (Å²) in [7, 11) is 1.37. The Labute approximate surface area is 194 Å². The summed E-state index contributed by atoms with van der Waals surface area (Å²) in [5.41, 5.74) is -0.337. The summed E-state index contributed by atoms with van der Waals surface area (Å²) in [5.74, 6) is 0.806. The highest BCUT2D eigenvalue weighted by atomic mass is 16.6. The molecule has 2 aromatic heterocycles. The van der Waals surface area contributed by atoms with Gasteiger partial charge in [0.15, 0.2) is 17.3 Å². The van der Waals surface area contributed by atoms with Crippen LogP contribution >= 0.6 is 0 Å². The number of rotatable bonds is 7. The highest BCUT2D eigenvalue weighted by molar-refractivity contribution is 5.99. The van der Waals surface area contributed by atoms with Crippen LogP contribution in [0.1, 0.15) is 23.0 Å². The van der Waals surface area contributed by atoms with Crippen molar-refractivity contribution in [3.05, 3.63) is 51.9 Å². The number of oxazole rings is 1. The number of carbonyl (C=O) groups excluding carboxylic acids is 1. The summed E-state index contributed by atoms with van der Waals surface area (Å²) < 4.78 is 21.7. The molecule has 1 amide bonds. The maximum absolute atomic E-state index is 13.2. The van der Waals surface area contributed by atoms with Gasteiger partial charge in [-0.1, -0.05) is 0 Å². The second kappa shape index (κ2) is 9.53. The number of ether oxygens (including phenoxy) is 2. The molecule has 0 bridgehead atoms. The number of carbonyl (C=O) groups is 1. The van der Waals surface area contributed by atoms with Crippen LogP contribution in [-0.2, 0) is 0 Å². The molecule has 3 heterocycles. The number of aromatic nitrogens is 1. The van der Waals surface area contributed by atoms with Crippen molar-refractivity contribution >= 4 is 17.5 Å². The van der Waals surface area contributed by atoms with Crippen LogP contribution in [0.15, 0.2) is 39.4 Å². The molecule has 0 unspecified atom stereocenters. The number of hydrogen-bond acceptors (Lipinski definition) is 10. The van der Waals surface area contributed by atoms with Gasteiger partial charge in [-0.3, -0.25) is 14.9 Å². The first kappa shape index (κ1) is 22.7. The molecule has 4 rings (SSSR count). The average molecular weight is 467 g/mol. The van der Waals surface area contributed by atoms with Crippen LogP contribution in [0.5, 0.6) is 11.5 Å². The fourth-order valence-electron chi connectivity index (χ4n) is 3.69. The molecule has 12 heteroatoms. The molecule has 1 aliphatic rings.